The van der Waals surface area contributed by atoms with Gasteiger partial charge in [0.25, 0.3) is 0 Å². The molecule has 0 aliphatic carbocycles. The Morgan fingerprint density at radius 3 is 2.68 bits per heavy atom. The van der Waals surface area contributed by atoms with Crippen LogP contribution in [0.2, 0.25) is 0 Å². The highest BCUT2D eigenvalue weighted by atomic mass is 16.4. The molecule has 19 heavy (non-hydrogen) atoms. The van der Waals surface area contributed by atoms with E-state index in [4.69, 9.17) is 5.11 Å². The van der Waals surface area contributed by atoms with Crippen molar-refractivity contribution in [2.24, 2.45) is 5.92 Å². The van der Waals surface area contributed by atoms with Gasteiger partial charge in [0, 0.05) is 20.1 Å². The molecular formula is C12H21N3O4. The number of nitrogens with one attached hydrogen (secondary N) is 1. The van der Waals surface area contributed by atoms with Gasteiger partial charge in [-0.2, -0.15) is 0 Å². The van der Waals surface area contributed by atoms with Gasteiger partial charge in [-0.15, -0.1) is 0 Å². The zero-order valence-electron chi connectivity index (χ0n) is 11.5. The molecule has 1 unspecified atom stereocenters. The number of carbonyl (C=O) groups excluding carboxylic acids is 2. The molecule has 1 fully saturated rings. The lowest BCUT2D eigenvalue weighted by atomic mass is 10.1. The Morgan fingerprint density at radius 1 is 1.53 bits per heavy atom. The van der Waals surface area contributed by atoms with Gasteiger partial charge < -0.3 is 15.3 Å². The van der Waals surface area contributed by atoms with Crippen molar-refractivity contribution in [3.8, 4) is 0 Å². The highest BCUT2D eigenvalue weighted by Gasteiger charge is 2.36. The molecule has 0 aromatic carbocycles. The van der Waals surface area contributed by atoms with Crippen molar-refractivity contribution in [3.05, 3.63) is 0 Å². The monoisotopic (exact) mass is 271 g/mol. The van der Waals surface area contributed by atoms with Crippen LogP contribution in [0, 0.1) is 5.92 Å². The molecule has 1 heterocycles. The SMILES string of the molecule is CC(C)CCN(C)C(=O)N1CC(=O)NCC1C(=O)O. The largest absolute Gasteiger partial charge is 0.480 e. The van der Waals surface area contributed by atoms with Crippen molar-refractivity contribution in [2.45, 2.75) is 26.3 Å². The molecule has 7 heteroatoms. The van der Waals surface area contributed by atoms with E-state index >= 15 is 0 Å². The lowest BCUT2D eigenvalue weighted by Gasteiger charge is -2.35. The maximum absolute atomic E-state index is 12.2. The van der Waals surface area contributed by atoms with Crippen molar-refractivity contribution >= 4 is 17.9 Å². The summed E-state index contributed by atoms with van der Waals surface area (Å²) in [5.41, 5.74) is 0. The van der Waals surface area contributed by atoms with Crippen LogP contribution in [0.15, 0.2) is 0 Å². The Bertz CT molecular complexity index is 370. The van der Waals surface area contributed by atoms with Crippen molar-refractivity contribution in [1.29, 1.82) is 0 Å². The molecule has 0 spiro atoms. The molecule has 108 valence electrons. The Morgan fingerprint density at radius 2 is 2.16 bits per heavy atom. The van der Waals surface area contributed by atoms with E-state index in [0.717, 1.165) is 11.3 Å². The van der Waals surface area contributed by atoms with Crippen LogP contribution in [0.1, 0.15) is 20.3 Å². The molecule has 1 aliphatic rings. The Labute approximate surface area is 112 Å². The highest BCUT2D eigenvalue weighted by Crippen LogP contribution is 2.09. The second kappa shape index (κ2) is 6.40. The standard InChI is InChI=1S/C12H21N3O4/c1-8(2)4-5-14(3)12(19)15-7-10(16)13-6-9(15)11(17)18/h8-9H,4-7H2,1-3H3,(H,13,16)(H,17,18). The van der Waals surface area contributed by atoms with E-state index in [1.54, 1.807) is 7.05 Å². The van der Waals surface area contributed by atoms with Crippen molar-refractivity contribution < 1.29 is 19.5 Å². The molecule has 3 amide bonds. The Kier molecular flexibility index (Phi) is 5.14. The molecule has 1 aliphatic heterocycles. The van der Waals surface area contributed by atoms with Crippen LogP contribution in [0.4, 0.5) is 4.79 Å². The summed E-state index contributed by atoms with van der Waals surface area (Å²) in [5, 5.41) is 11.5. The van der Waals surface area contributed by atoms with E-state index in [9.17, 15) is 14.4 Å². The Hall–Kier alpha value is -1.79. The van der Waals surface area contributed by atoms with Gasteiger partial charge in [-0.25, -0.2) is 9.59 Å². The number of amides is 3. The summed E-state index contributed by atoms with van der Waals surface area (Å²) in [6.07, 6.45) is 0.833. The molecule has 1 rings (SSSR count). The summed E-state index contributed by atoms with van der Waals surface area (Å²) < 4.78 is 0. The molecule has 0 aromatic heterocycles. The summed E-state index contributed by atoms with van der Waals surface area (Å²) in [7, 11) is 1.62. The van der Waals surface area contributed by atoms with Crippen molar-refractivity contribution in [1.82, 2.24) is 15.1 Å². The van der Waals surface area contributed by atoms with Crippen LogP contribution in [0.25, 0.3) is 0 Å². The number of aliphatic carboxylic acids is 1. The molecule has 0 saturated carbocycles. The topological polar surface area (TPSA) is 90.0 Å². The fourth-order valence-corrected chi connectivity index (χ4v) is 1.83. The lowest BCUT2D eigenvalue weighted by Crippen LogP contribution is -2.61. The first kappa shape index (κ1) is 15.3. The summed E-state index contributed by atoms with van der Waals surface area (Å²) in [6.45, 7) is 4.39. The summed E-state index contributed by atoms with van der Waals surface area (Å²) in [5.74, 6) is -0.983. The fraction of sp³-hybridized carbons (Fsp3) is 0.750. The van der Waals surface area contributed by atoms with Gasteiger partial charge in [0.05, 0.1) is 0 Å². The van der Waals surface area contributed by atoms with Gasteiger partial charge in [-0.3, -0.25) is 9.69 Å². The first-order valence-electron chi connectivity index (χ1n) is 6.34. The maximum atomic E-state index is 12.2. The number of rotatable bonds is 4. The Balaban J connectivity index is 2.70. The number of carboxylic acid groups (broad SMARTS) is 1. The summed E-state index contributed by atoms with van der Waals surface area (Å²) in [6, 6.07) is -1.41. The zero-order valence-corrected chi connectivity index (χ0v) is 11.5. The second-order valence-corrected chi connectivity index (χ2v) is 5.17. The van der Waals surface area contributed by atoms with E-state index < -0.39 is 18.0 Å². The molecule has 0 aromatic rings. The maximum Gasteiger partial charge on any atom is 0.328 e. The molecular weight excluding hydrogens is 250 g/mol. The van der Waals surface area contributed by atoms with Crippen LogP contribution in [-0.4, -0.2) is 65.5 Å². The molecule has 7 nitrogen and oxygen atoms in total. The van der Waals surface area contributed by atoms with Gasteiger partial charge in [0.2, 0.25) is 5.91 Å². The van der Waals surface area contributed by atoms with Gasteiger partial charge in [0.15, 0.2) is 0 Å². The predicted molar refractivity (Wildman–Crippen MR) is 68.6 cm³/mol. The number of hydrogen-bond acceptors (Lipinski definition) is 3. The summed E-state index contributed by atoms with van der Waals surface area (Å²) in [4.78, 5) is 37.2. The van der Waals surface area contributed by atoms with Gasteiger partial charge in [-0.05, 0) is 12.3 Å². The normalized spacial score (nSPS) is 19.3. The molecule has 1 saturated heterocycles. The van der Waals surface area contributed by atoms with Gasteiger partial charge in [-0.1, -0.05) is 13.8 Å². The van der Waals surface area contributed by atoms with Crippen LogP contribution in [-0.2, 0) is 9.59 Å². The predicted octanol–water partition coefficient (Wildman–Crippen LogP) is -0.0307. The minimum absolute atomic E-state index is 0.0437. The van der Waals surface area contributed by atoms with Crippen LogP contribution < -0.4 is 5.32 Å². The van der Waals surface area contributed by atoms with Crippen molar-refractivity contribution in [2.75, 3.05) is 26.7 Å². The van der Waals surface area contributed by atoms with Crippen LogP contribution in [0.5, 0.6) is 0 Å². The van der Waals surface area contributed by atoms with Gasteiger partial charge in [0.1, 0.15) is 12.6 Å². The number of carbonyl (C=O) groups is 3. The first-order valence-corrected chi connectivity index (χ1v) is 6.34. The average molecular weight is 271 g/mol. The van der Waals surface area contributed by atoms with Crippen LogP contribution in [0.3, 0.4) is 0 Å². The first-order chi connectivity index (χ1) is 8.82. The number of urea groups is 1. The molecule has 2 N–H and O–H groups in total. The zero-order chi connectivity index (χ0) is 14.6. The summed E-state index contributed by atoms with van der Waals surface area (Å²) >= 11 is 0. The fourth-order valence-electron chi connectivity index (χ4n) is 1.83. The minimum atomic E-state index is -1.11. The highest BCUT2D eigenvalue weighted by molar-refractivity contribution is 5.90. The number of nitrogens with zero attached hydrogens (tertiary/aromatic N) is 2. The molecule has 0 radical (unpaired) electrons. The third kappa shape index (κ3) is 4.11. The minimum Gasteiger partial charge on any atom is -0.480 e. The van der Waals surface area contributed by atoms with Crippen molar-refractivity contribution in [3.63, 3.8) is 0 Å². The number of hydrogen-bond donors (Lipinski definition) is 2. The third-order valence-electron chi connectivity index (χ3n) is 3.08. The quantitative estimate of drug-likeness (QED) is 0.751. The average Bonchev–Trinajstić information content (AvgIpc) is 2.34. The van der Waals surface area contributed by atoms with Gasteiger partial charge >= 0.3 is 12.0 Å². The molecule has 1 atom stereocenters. The molecule has 0 bridgehead atoms. The number of carboxylic acids is 1. The number of piperazine rings is 1. The lowest BCUT2D eigenvalue weighted by molar-refractivity contribution is -0.144. The third-order valence-corrected chi connectivity index (χ3v) is 3.08. The van der Waals surface area contributed by atoms with Crippen LogP contribution >= 0.6 is 0 Å². The van der Waals surface area contributed by atoms with E-state index in [-0.39, 0.29) is 19.0 Å². The smallest absolute Gasteiger partial charge is 0.328 e. The van der Waals surface area contributed by atoms with E-state index in [1.807, 2.05) is 13.8 Å². The second-order valence-electron chi connectivity index (χ2n) is 5.17. The van der Waals surface area contributed by atoms with E-state index in [2.05, 4.69) is 5.32 Å². The van der Waals surface area contributed by atoms with E-state index in [1.165, 1.54) is 4.90 Å². The van der Waals surface area contributed by atoms with E-state index in [0.29, 0.717) is 12.5 Å².